The topological polar surface area (TPSA) is 64.7 Å². The summed E-state index contributed by atoms with van der Waals surface area (Å²) in [5, 5.41) is 14.9. The SMILES string of the molecule is CCC(C(=O)Nc1ccn(Cc2cccc3ccccc23)n1)n1nc(C)c(Cl)c1C. The summed E-state index contributed by atoms with van der Waals surface area (Å²) in [6, 6.07) is 15.9. The monoisotopic (exact) mass is 421 g/mol. The number of anilines is 1. The number of carbonyl (C=O) groups is 1. The minimum absolute atomic E-state index is 0.157. The minimum atomic E-state index is -0.445. The molecule has 0 radical (unpaired) electrons. The van der Waals surface area contributed by atoms with E-state index < -0.39 is 6.04 Å². The van der Waals surface area contributed by atoms with Gasteiger partial charge < -0.3 is 5.32 Å². The van der Waals surface area contributed by atoms with Crippen LogP contribution in [0.1, 0.15) is 36.3 Å². The van der Waals surface area contributed by atoms with Crippen LogP contribution in [-0.4, -0.2) is 25.5 Å². The third-order valence-corrected chi connectivity index (χ3v) is 5.87. The van der Waals surface area contributed by atoms with Crippen molar-refractivity contribution in [3.63, 3.8) is 0 Å². The molecule has 2 aromatic carbocycles. The molecule has 1 N–H and O–H groups in total. The fourth-order valence-corrected chi connectivity index (χ4v) is 3.87. The number of halogens is 1. The van der Waals surface area contributed by atoms with Crippen molar-refractivity contribution in [2.75, 3.05) is 5.32 Å². The standard InChI is InChI=1S/C23H24ClN5O/c1-4-20(29-16(3)22(24)15(2)26-29)23(30)25-21-12-13-28(27-21)14-18-10-7-9-17-8-5-6-11-19(17)18/h5-13,20H,4,14H2,1-3H3,(H,25,27,30). The van der Waals surface area contributed by atoms with Gasteiger partial charge in [-0.2, -0.15) is 10.2 Å². The van der Waals surface area contributed by atoms with E-state index in [1.807, 2.05) is 49.8 Å². The van der Waals surface area contributed by atoms with E-state index >= 15 is 0 Å². The first-order chi connectivity index (χ1) is 14.5. The first kappa shape index (κ1) is 20.2. The van der Waals surface area contributed by atoms with E-state index in [0.29, 0.717) is 23.8 Å². The quantitative estimate of drug-likeness (QED) is 0.468. The number of benzene rings is 2. The highest BCUT2D eigenvalue weighted by Gasteiger charge is 2.24. The molecule has 1 amide bonds. The van der Waals surface area contributed by atoms with E-state index in [1.54, 1.807) is 4.68 Å². The highest BCUT2D eigenvalue weighted by molar-refractivity contribution is 6.31. The normalized spacial score (nSPS) is 12.3. The lowest BCUT2D eigenvalue weighted by Crippen LogP contribution is -2.27. The van der Waals surface area contributed by atoms with Crippen molar-refractivity contribution in [1.29, 1.82) is 0 Å². The Balaban J connectivity index is 1.51. The van der Waals surface area contributed by atoms with Crippen LogP contribution in [0.25, 0.3) is 10.8 Å². The maximum Gasteiger partial charge on any atom is 0.250 e. The predicted octanol–water partition coefficient (Wildman–Crippen LogP) is 5.14. The molecule has 30 heavy (non-hydrogen) atoms. The molecule has 6 nitrogen and oxygen atoms in total. The number of aryl methyl sites for hydroxylation is 1. The van der Waals surface area contributed by atoms with Gasteiger partial charge in [-0.05, 0) is 36.6 Å². The van der Waals surface area contributed by atoms with Gasteiger partial charge in [0, 0.05) is 12.3 Å². The molecular weight excluding hydrogens is 398 g/mol. The molecule has 0 aliphatic carbocycles. The van der Waals surface area contributed by atoms with Gasteiger partial charge in [-0.25, -0.2) is 0 Å². The molecule has 0 saturated carbocycles. The largest absolute Gasteiger partial charge is 0.307 e. The van der Waals surface area contributed by atoms with Crippen LogP contribution in [0.15, 0.2) is 54.7 Å². The number of aromatic nitrogens is 4. The summed E-state index contributed by atoms with van der Waals surface area (Å²) in [6.07, 6.45) is 2.47. The molecule has 7 heteroatoms. The predicted molar refractivity (Wildman–Crippen MR) is 120 cm³/mol. The zero-order valence-electron chi connectivity index (χ0n) is 17.3. The fourth-order valence-electron chi connectivity index (χ4n) is 3.75. The smallest absolute Gasteiger partial charge is 0.250 e. The number of rotatable bonds is 6. The van der Waals surface area contributed by atoms with E-state index in [2.05, 4.69) is 45.8 Å². The molecule has 0 spiro atoms. The number of fused-ring (bicyclic) bond motifs is 1. The lowest BCUT2D eigenvalue weighted by molar-refractivity contribution is -0.119. The lowest BCUT2D eigenvalue weighted by Gasteiger charge is -2.16. The average molecular weight is 422 g/mol. The molecule has 4 aromatic rings. The summed E-state index contributed by atoms with van der Waals surface area (Å²) in [4.78, 5) is 12.9. The van der Waals surface area contributed by atoms with Gasteiger partial charge in [-0.3, -0.25) is 14.2 Å². The van der Waals surface area contributed by atoms with Gasteiger partial charge in [0.05, 0.1) is 23.0 Å². The van der Waals surface area contributed by atoms with Gasteiger partial charge in [0.15, 0.2) is 5.82 Å². The number of hydrogen-bond donors (Lipinski definition) is 1. The first-order valence-electron chi connectivity index (χ1n) is 10.00. The Kier molecular flexibility index (Phi) is 5.59. The van der Waals surface area contributed by atoms with Crippen molar-refractivity contribution in [2.45, 2.75) is 39.8 Å². The van der Waals surface area contributed by atoms with Gasteiger partial charge in [0.1, 0.15) is 6.04 Å². The Bertz CT molecular complexity index is 1200. The highest BCUT2D eigenvalue weighted by Crippen LogP contribution is 2.25. The van der Waals surface area contributed by atoms with Crippen LogP contribution >= 0.6 is 11.6 Å². The summed E-state index contributed by atoms with van der Waals surface area (Å²) < 4.78 is 3.53. The molecule has 0 bridgehead atoms. The van der Waals surface area contributed by atoms with E-state index in [0.717, 1.165) is 11.4 Å². The number of carbonyl (C=O) groups excluding carboxylic acids is 1. The molecule has 4 rings (SSSR count). The zero-order valence-corrected chi connectivity index (χ0v) is 18.0. The molecular formula is C23H24ClN5O. The minimum Gasteiger partial charge on any atom is -0.307 e. The molecule has 1 atom stereocenters. The average Bonchev–Trinajstić information content (AvgIpc) is 3.28. The van der Waals surface area contributed by atoms with Crippen molar-refractivity contribution in [3.8, 4) is 0 Å². The molecule has 2 aromatic heterocycles. The molecule has 154 valence electrons. The summed E-state index contributed by atoms with van der Waals surface area (Å²) in [5.74, 6) is 0.362. The van der Waals surface area contributed by atoms with Gasteiger partial charge in [-0.15, -0.1) is 0 Å². The van der Waals surface area contributed by atoms with E-state index in [9.17, 15) is 4.79 Å². The van der Waals surface area contributed by atoms with E-state index in [1.165, 1.54) is 16.3 Å². The van der Waals surface area contributed by atoms with Gasteiger partial charge in [0.25, 0.3) is 0 Å². The Morgan fingerprint density at radius 3 is 2.60 bits per heavy atom. The zero-order chi connectivity index (χ0) is 21.3. The molecule has 1 unspecified atom stereocenters. The second kappa shape index (κ2) is 8.32. The third-order valence-electron chi connectivity index (χ3n) is 5.33. The van der Waals surface area contributed by atoms with E-state index in [4.69, 9.17) is 11.6 Å². The van der Waals surface area contributed by atoms with Gasteiger partial charge in [0.2, 0.25) is 5.91 Å². The number of nitrogens with zero attached hydrogens (tertiary/aromatic N) is 4. The highest BCUT2D eigenvalue weighted by atomic mass is 35.5. The Morgan fingerprint density at radius 2 is 1.87 bits per heavy atom. The summed E-state index contributed by atoms with van der Waals surface area (Å²) in [7, 11) is 0. The van der Waals surface area contributed by atoms with Crippen LogP contribution < -0.4 is 5.32 Å². The van der Waals surface area contributed by atoms with Crippen molar-refractivity contribution >= 4 is 34.1 Å². The second-order valence-electron chi connectivity index (χ2n) is 7.38. The Hall–Kier alpha value is -3.12. The molecule has 0 saturated heterocycles. The molecule has 0 fully saturated rings. The Labute approximate surface area is 180 Å². The number of amides is 1. The fraction of sp³-hybridized carbons (Fsp3) is 0.261. The first-order valence-corrected chi connectivity index (χ1v) is 10.4. The van der Waals surface area contributed by atoms with E-state index in [-0.39, 0.29) is 5.91 Å². The number of hydrogen-bond acceptors (Lipinski definition) is 3. The van der Waals surface area contributed by atoms with Crippen molar-refractivity contribution in [2.24, 2.45) is 0 Å². The number of nitrogens with one attached hydrogen (secondary N) is 1. The van der Waals surface area contributed by atoms with Crippen LogP contribution in [0.2, 0.25) is 5.02 Å². The maximum atomic E-state index is 12.9. The molecule has 0 aliphatic rings. The van der Waals surface area contributed by atoms with Gasteiger partial charge >= 0.3 is 0 Å². The van der Waals surface area contributed by atoms with Crippen LogP contribution in [0.5, 0.6) is 0 Å². The summed E-state index contributed by atoms with van der Waals surface area (Å²) in [5.41, 5.74) is 2.69. The Morgan fingerprint density at radius 1 is 1.10 bits per heavy atom. The van der Waals surface area contributed by atoms with Crippen molar-refractivity contribution < 1.29 is 4.79 Å². The lowest BCUT2D eigenvalue weighted by atomic mass is 10.0. The van der Waals surface area contributed by atoms with Crippen LogP contribution in [-0.2, 0) is 11.3 Å². The molecule has 0 aliphatic heterocycles. The van der Waals surface area contributed by atoms with Crippen LogP contribution in [0.3, 0.4) is 0 Å². The van der Waals surface area contributed by atoms with Crippen LogP contribution in [0.4, 0.5) is 5.82 Å². The summed E-state index contributed by atoms with van der Waals surface area (Å²) >= 11 is 6.26. The van der Waals surface area contributed by atoms with Crippen molar-refractivity contribution in [3.05, 3.63) is 76.7 Å². The van der Waals surface area contributed by atoms with Gasteiger partial charge in [-0.1, -0.05) is 61.0 Å². The van der Waals surface area contributed by atoms with Crippen LogP contribution in [0, 0.1) is 13.8 Å². The third kappa shape index (κ3) is 3.83. The van der Waals surface area contributed by atoms with Crippen molar-refractivity contribution in [1.82, 2.24) is 19.6 Å². The molecule has 2 heterocycles. The maximum absolute atomic E-state index is 12.9. The summed E-state index contributed by atoms with van der Waals surface area (Å²) in [6.45, 7) is 6.29. The second-order valence-corrected chi connectivity index (χ2v) is 7.76.